The van der Waals surface area contributed by atoms with E-state index in [0.717, 1.165) is 21.9 Å². The molecule has 1 amide bonds. The first kappa shape index (κ1) is 18.2. The summed E-state index contributed by atoms with van der Waals surface area (Å²) in [6, 6.07) is 17.5. The average molecular weight is 391 g/mol. The number of thioether (sulfide) groups is 1. The number of carbonyl (C=O) groups is 2. The van der Waals surface area contributed by atoms with Crippen molar-refractivity contribution in [2.45, 2.75) is 10.9 Å². The van der Waals surface area contributed by atoms with Crippen LogP contribution in [0.3, 0.4) is 0 Å². The molecule has 7 heteroatoms. The Morgan fingerprint density at radius 3 is 2.64 bits per heavy atom. The minimum absolute atomic E-state index is 0.0736. The van der Waals surface area contributed by atoms with Gasteiger partial charge in [-0.2, -0.15) is 0 Å². The number of esters is 1. The molecule has 6 nitrogen and oxygen atoms in total. The van der Waals surface area contributed by atoms with Gasteiger partial charge in [0.15, 0.2) is 12.3 Å². The number of amides is 1. The first-order valence-corrected chi connectivity index (χ1v) is 9.74. The monoisotopic (exact) mass is 391 g/mol. The van der Waals surface area contributed by atoms with Crippen LogP contribution in [0.2, 0.25) is 0 Å². The maximum atomic E-state index is 13.1. The third-order valence-corrected chi connectivity index (χ3v) is 5.52. The molecule has 28 heavy (non-hydrogen) atoms. The van der Waals surface area contributed by atoms with Crippen molar-refractivity contribution in [2.24, 2.45) is 0 Å². The van der Waals surface area contributed by atoms with E-state index in [2.05, 4.69) is 9.97 Å². The lowest BCUT2D eigenvalue weighted by Crippen LogP contribution is -2.41. The second-order valence-corrected chi connectivity index (χ2v) is 7.20. The van der Waals surface area contributed by atoms with E-state index in [0.29, 0.717) is 0 Å². The molecule has 1 aliphatic rings. The van der Waals surface area contributed by atoms with E-state index in [9.17, 15) is 9.59 Å². The fourth-order valence-electron chi connectivity index (χ4n) is 3.09. The number of hydrogen-bond acceptors (Lipinski definition) is 6. The van der Waals surface area contributed by atoms with Crippen molar-refractivity contribution in [1.82, 2.24) is 9.97 Å². The van der Waals surface area contributed by atoms with Crippen molar-refractivity contribution >= 4 is 29.3 Å². The Balaban J connectivity index is 1.58. The minimum atomic E-state index is -0.669. The van der Waals surface area contributed by atoms with E-state index in [-0.39, 0.29) is 24.2 Å². The largest absolute Gasteiger partial charge is 0.451 e. The van der Waals surface area contributed by atoms with Gasteiger partial charge in [0, 0.05) is 23.0 Å². The van der Waals surface area contributed by atoms with Gasteiger partial charge in [0.1, 0.15) is 0 Å². The van der Waals surface area contributed by atoms with Crippen molar-refractivity contribution in [1.29, 1.82) is 0 Å². The molecule has 0 radical (unpaired) electrons. The van der Waals surface area contributed by atoms with Crippen LogP contribution in [0.4, 0.5) is 5.69 Å². The summed E-state index contributed by atoms with van der Waals surface area (Å²) < 4.78 is 5.20. The SMILES string of the molecule is O=C(OCC(=O)N1c2ccccc2SC[C@@H]1c1ccccc1)c1cnccn1. The maximum absolute atomic E-state index is 13.1. The summed E-state index contributed by atoms with van der Waals surface area (Å²) in [7, 11) is 0. The van der Waals surface area contributed by atoms with Crippen molar-refractivity contribution in [2.75, 3.05) is 17.3 Å². The van der Waals surface area contributed by atoms with Gasteiger partial charge in [0.2, 0.25) is 0 Å². The highest BCUT2D eigenvalue weighted by Gasteiger charge is 2.33. The first-order chi connectivity index (χ1) is 13.7. The summed E-state index contributed by atoms with van der Waals surface area (Å²) >= 11 is 1.71. The first-order valence-electron chi connectivity index (χ1n) is 8.76. The van der Waals surface area contributed by atoms with Crippen molar-refractivity contribution in [3.63, 3.8) is 0 Å². The van der Waals surface area contributed by atoms with Crippen LogP contribution in [-0.4, -0.2) is 34.2 Å². The Morgan fingerprint density at radius 2 is 1.86 bits per heavy atom. The van der Waals surface area contributed by atoms with Gasteiger partial charge < -0.3 is 4.74 Å². The lowest BCUT2D eigenvalue weighted by Gasteiger charge is -2.37. The second-order valence-electron chi connectivity index (χ2n) is 6.14. The lowest BCUT2D eigenvalue weighted by atomic mass is 10.1. The maximum Gasteiger partial charge on any atom is 0.359 e. The summed E-state index contributed by atoms with van der Waals surface area (Å²) in [6.45, 7) is -0.363. The van der Waals surface area contributed by atoms with E-state index in [1.807, 2.05) is 54.6 Å². The Kier molecular flexibility index (Phi) is 5.34. The molecule has 0 N–H and O–H groups in total. The highest BCUT2D eigenvalue weighted by molar-refractivity contribution is 7.99. The highest BCUT2D eigenvalue weighted by atomic mass is 32.2. The fourth-order valence-corrected chi connectivity index (χ4v) is 4.26. The van der Waals surface area contributed by atoms with Gasteiger partial charge in [-0.25, -0.2) is 9.78 Å². The van der Waals surface area contributed by atoms with Crippen molar-refractivity contribution < 1.29 is 14.3 Å². The highest BCUT2D eigenvalue weighted by Crippen LogP contribution is 2.43. The van der Waals surface area contributed by atoms with Crippen LogP contribution in [-0.2, 0) is 9.53 Å². The quantitative estimate of drug-likeness (QED) is 0.634. The molecular weight excluding hydrogens is 374 g/mol. The molecule has 1 aliphatic heterocycles. The molecule has 0 saturated carbocycles. The molecule has 140 valence electrons. The van der Waals surface area contributed by atoms with Crippen LogP contribution in [0.15, 0.2) is 78.1 Å². The number of anilines is 1. The molecule has 0 fully saturated rings. The number of carbonyl (C=O) groups excluding carboxylic acids is 2. The molecule has 1 atom stereocenters. The molecule has 0 bridgehead atoms. The zero-order valence-electron chi connectivity index (χ0n) is 14.9. The predicted octanol–water partition coefficient (Wildman–Crippen LogP) is 3.51. The number of rotatable bonds is 4. The summed E-state index contributed by atoms with van der Waals surface area (Å²) in [5, 5.41) is 0. The second kappa shape index (κ2) is 8.22. The number of benzene rings is 2. The van der Waals surface area contributed by atoms with Gasteiger partial charge in [-0.3, -0.25) is 14.7 Å². The van der Waals surface area contributed by atoms with Crippen LogP contribution in [0.25, 0.3) is 0 Å². The van der Waals surface area contributed by atoms with Crippen LogP contribution < -0.4 is 4.90 Å². The smallest absolute Gasteiger partial charge is 0.359 e. The topological polar surface area (TPSA) is 72.4 Å². The Morgan fingerprint density at radius 1 is 1.07 bits per heavy atom. The Labute approximate surface area is 166 Å². The minimum Gasteiger partial charge on any atom is -0.451 e. The van der Waals surface area contributed by atoms with Gasteiger partial charge in [0.25, 0.3) is 5.91 Å². The van der Waals surface area contributed by atoms with E-state index in [4.69, 9.17) is 4.74 Å². The van der Waals surface area contributed by atoms with Crippen molar-refractivity contribution in [3.05, 3.63) is 84.4 Å². The molecule has 0 spiro atoms. The van der Waals surface area contributed by atoms with Gasteiger partial charge >= 0.3 is 5.97 Å². The fraction of sp³-hybridized carbons (Fsp3) is 0.143. The van der Waals surface area contributed by atoms with Gasteiger partial charge in [-0.05, 0) is 17.7 Å². The third kappa shape index (κ3) is 3.75. The lowest BCUT2D eigenvalue weighted by molar-refractivity contribution is -0.122. The average Bonchev–Trinajstić information content (AvgIpc) is 2.77. The van der Waals surface area contributed by atoms with Gasteiger partial charge in [-0.15, -0.1) is 11.8 Å². The molecule has 0 aliphatic carbocycles. The summed E-state index contributed by atoms with van der Waals surface area (Å²) in [5.41, 5.74) is 1.94. The normalized spacial score (nSPS) is 15.6. The molecule has 4 rings (SSSR count). The van der Waals surface area contributed by atoms with Crippen molar-refractivity contribution in [3.8, 4) is 0 Å². The standard InChI is InChI=1S/C21H17N3O3S/c25-20(13-27-21(26)16-12-22-10-11-23-16)24-17-8-4-5-9-19(17)28-14-18(24)15-6-2-1-3-7-15/h1-12,18H,13-14H2/t18-/m1/s1. The van der Waals surface area contributed by atoms with Crippen LogP contribution in [0, 0.1) is 0 Å². The van der Waals surface area contributed by atoms with E-state index >= 15 is 0 Å². The summed E-state index contributed by atoms with van der Waals surface area (Å²) in [5.74, 6) is -0.221. The number of nitrogens with zero attached hydrogens (tertiary/aromatic N) is 3. The molecule has 2 aromatic carbocycles. The van der Waals surface area contributed by atoms with E-state index in [1.54, 1.807) is 16.7 Å². The number of hydrogen-bond donors (Lipinski definition) is 0. The number of para-hydroxylation sites is 1. The zero-order chi connectivity index (χ0) is 19.3. The molecule has 2 heterocycles. The van der Waals surface area contributed by atoms with Crippen LogP contribution in [0.5, 0.6) is 0 Å². The molecule has 0 unspecified atom stereocenters. The molecular formula is C21H17N3O3S. The number of ether oxygens (including phenoxy) is 1. The third-order valence-electron chi connectivity index (χ3n) is 4.39. The zero-order valence-corrected chi connectivity index (χ0v) is 15.7. The summed E-state index contributed by atoms with van der Waals surface area (Å²) in [4.78, 5) is 35.7. The van der Waals surface area contributed by atoms with Crippen LogP contribution >= 0.6 is 11.8 Å². The number of fused-ring (bicyclic) bond motifs is 1. The molecule has 1 aromatic heterocycles. The Bertz CT molecular complexity index is 982. The number of aromatic nitrogens is 2. The van der Waals surface area contributed by atoms with Gasteiger partial charge in [0.05, 0.1) is 17.9 Å². The molecule has 3 aromatic rings. The van der Waals surface area contributed by atoms with Gasteiger partial charge in [-0.1, -0.05) is 42.5 Å². The Hall–Kier alpha value is -3.19. The molecule has 0 saturated heterocycles. The van der Waals surface area contributed by atoms with Crippen LogP contribution in [0.1, 0.15) is 22.1 Å². The van der Waals surface area contributed by atoms with E-state index < -0.39 is 5.97 Å². The predicted molar refractivity (Wildman–Crippen MR) is 106 cm³/mol. The summed E-state index contributed by atoms with van der Waals surface area (Å²) in [6.07, 6.45) is 4.18. The van der Waals surface area contributed by atoms with E-state index in [1.165, 1.54) is 18.6 Å².